The molecule has 7 heteroatoms. The molecule has 1 aliphatic heterocycles. The van der Waals surface area contributed by atoms with E-state index in [1.165, 1.54) is 6.33 Å². The molecule has 0 fully saturated rings. The molecule has 4 rings (SSSR count). The maximum Gasteiger partial charge on any atom is 0.249 e. The summed E-state index contributed by atoms with van der Waals surface area (Å²) in [6.45, 7) is 2.46. The van der Waals surface area contributed by atoms with Gasteiger partial charge in [-0.25, -0.2) is 9.97 Å². The van der Waals surface area contributed by atoms with E-state index in [-0.39, 0.29) is 5.91 Å². The van der Waals surface area contributed by atoms with Gasteiger partial charge in [0, 0.05) is 27.7 Å². The van der Waals surface area contributed by atoms with Gasteiger partial charge in [-0.15, -0.1) is 0 Å². The van der Waals surface area contributed by atoms with E-state index in [1.54, 1.807) is 17.0 Å². The van der Waals surface area contributed by atoms with Crippen LogP contribution in [0.2, 0.25) is 10.0 Å². The van der Waals surface area contributed by atoms with E-state index in [0.29, 0.717) is 22.4 Å². The molecule has 0 saturated heterocycles. The van der Waals surface area contributed by atoms with Crippen LogP contribution in [0.25, 0.3) is 10.9 Å². The highest BCUT2D eigenvalue weighted by Gasteiger charge is 2.29. The van der Waals surface area contributed by atoms with E-state index >= 15 is 0 Å². The van der Waals surface area contributed by atoms with E-state index in [9.17, 15) is 4.79 Å². The van der Waals surface area contributed by atoms with Crippen LogP contribution in [-0.2, 0) is 11.2 Å². The molecule has 0 bridgehead atoms. The molecular formula is C19H16Cl2N4O. The summed E-state index contributed by atoms with van der Waals surface area (Å²) in [5, 5.41) is 5.34. The molecule has 2 aromatic carbocycles. The maximum absolute atomic E-state index is 13.0. The monoisotopic (exact) mass is 386 g/mol. The molecule has 132 valence electrons. The average molecular weight is 387 g/mol. The van der Waals surface area contributed by atoms with Gasteiger partial charge >= 0.3 is 0 Å². The Morgan fingerprint density at radius 1 is 1.23 bits per heavy atom. The standard InChI is InChI=1S/C19H16Cl2N4O/c1-11(19(26)25-8-7-13-15(21)3-2-4-17(13)25)24-18-14-6-5-12(20)9-16(14)22-10-23-18/h2-6,9-11H,7-8H2,1H3,(H,22,23,24)/t11-/m1/s1. The summed E-state index contributed by atoms with van der Waals surface area (Å²) < 4.78 is 0. The minimum Gasteiger partial charge on any atom is -0.358 e. The van der Waals surface area contributed by atoms with Gasteiger partial charge in [-0.1, -0.05) is 29.3 Å². The molecule has 3 aromatic rings. The van der Waals surface area contributed by atoms with E-state index in [0.717, 1.165) is 28.6 Å². The minimum absolute atomic E-state index is 0.0215. The van der Waals surface area contributed by atoms with Crippen molar-refractivity contribution >= 4 is 51.5 Å². The first-order valence-corrected chi connectivity index (χ1v) is 9.06. The predicted molar refractivity (Wildman–Crippen MR) is 105 cm³/mol. The Bertz CT molecular complexity index is 1010. The molecule has 0 spiro atoms. The Balaban J connectivity index is 1.59. The Kier molecular flexibility index (Phi) is 4.42. The number of carbonyl (C=O) groups excluding carboxylic acids is 1. The number of benzene rings is 2. The summed E-state index contributed by atoms with van der Waals surface area (Å²) in [6.07, 6.45) is 2.23. The van der Waals surface area contributed by atoms with Crippen molar-refractivity contribution in [1.82, 2.24) is 9.97 Å². The zero-order chi connectivity index (χ0) is 18.3. The summed E-state index contributed by atoms with van der Waals surface area (Å²) in [6, 6.07) is 10.6. The second-order valence-electron chi connectivity index (χ2n) is 6.23. The van der Waals surface area contributed by atoms with Crippen LogP contribution in [0.3, 0.4) is 0 Å². The fourth-order valence-corrected chi connectivity index (χ4v) is 3.70. The zero-order valence-corrected chi connectivity index (χ0v) is 15.6. The highest BCUT2D eigenvalue weighted by molar-refractivity contribution is 6.32. The Morgan fingerprint density at radius 3 is 2.92 bits per heavy atom. The van der Waals surface area contributed by atoms with Gasteiger partial charge in [0.05, 0.1) is 5.52 Å². The topological polar surface area (TPSA) is 58.1 Å². The van der Waals surface area contributed by atoms with E-state index in [2.05, 4.69) is 15.3 Å². The van der Waals surface area contributed by atoms with Crippen LogP contribution in [0.4, 0.5) is 11.5 Å². The number of nitrogens with one attached hydrogen (secondary N) is 1. The molecule has 1 N–H and O–H groups in total. The van der Waals surface area contributed by atoms with Crippen molar-refractivity contribution in [2.45, 2.75) is 19.4 Å². The fraction of sp³-hybridized carbons (Fsp3) is 0.211. The third-order valence-corrected chi connectivity index (χ3v) is 5.15. The first kappa shape index (κ1) is 17.1. The molecule has 1 amide bonds. The van der Waals surface area contributed by atoms with Crippen LogP contribution >= 0.6 is 23.2 Å². The molecule has 1 atom stereocenters. The maximum atomic E-state index is 13.0. The molecule has 0 unspecified atom stereocenters. The average Bonchev–Trinajstić information content (AvgIpc) is 3.06. The van der Waals surface area contributed by atoms with Crippen molar-refractivity contribution in [2.24, 2.45) is 0 Å². The lowest BCUT2D eigenvalue weighted by Crippen LogP contribution is -2.40. The number of carbonyl (C=O) groups is 1. The van der Waals surface area contributed by atoms with Gasteiger partial charge < -0.3 is 10.2 Å². The lowest BCUT2D eigenvalue weighted by Gasteiger charge is -2.23. The van der Waals surface area contributed by atoms with Gasteiger partial charge in [0.1, 0.15) is 18.2 Å². The predicted octanol–water partition coefficient (Wildman–Crippen LogP) is 4.33. The fourth-order valence-electron chi connectivity index (χ4n) is 3.27. The Labute approximate surface area is 161 Å². The molecule has 2 heterocycles. The number of hydrogen-bond donors (Lipinski definition) is 1. The quantitative estimate of drug-likeness (QED) is 0.727. The summed E-state index contributed by atoms with van der Waals surface area (Å²) >= 11 is 12.3. The smallest absolute Gasteiger partial charge is 0.249 e. The van der Waals surface area contributed by atoms with Crippen molar-refractivity contribution in [3.8, 4) is 0 Å². The number of anilines is 2. The van der Waals surface area contributed by atoms with Gasteiger partial charge in [0.2, 0.25) is 5.91 Å². The van der Waals surface area contributed by atoms with Crippen molar-refractivity contribution in [1.29, 1.82) is 0 Å². The van der Waals surface area contributed by atoms with Crippen LogP contribution < -0.4 is 10.2 Å². The lowest BCUT2D eigenvalue weighted by atomic mass is 10.1. The van der Waals surface area contributed by atoms with Gasteiger partial charge in [-0.05, 0) is 49.2 Å². The Hall–Kier alpha value is -2.37. The highest BCUT2D eigenvalue weighted by atomic mass is 35.5. The third-order valence-electron chi connectivity index (χ3n) is 4.56. The van der Waals surface area contributed by atoms with Gasteiger partial charge in [0.25, 0.3) is 0 Å². The molecule has 0 saturated carbocycles. The summed E-state index contributed by atoms with van der Waals surface area (Å²) in [7, 11) is 0. The largest absolute Gasteiger partial charge is 0.358 e. The summed E-state index contributed by atoms with van der Waals surface area (Å²) in [5.41, 5.74) is 2.64. The molecule has 0 aliphatic carbocycles. The van der Waals surface area contributed by atoms with Crippen LogP contribution in [0.5, 0.6) is 0 Å². The molecule has 1 aliphatic rings. The van der Waals surface area contributed by atoms with Crippen molar-refractivity contribution < 1.29 is 4.79 Å². The van der Waals surface area contributed by atoms with Gasteiger partial charge in [-0.2, -0.15) is 0 Å². The van der Waals surface area contributed by atoms with Crippen LogP contribution in [0, 0.1) is 0 Å². The molecule has 5 nitrogen and oxygen atoms in total. The molecular weight excluding hydrogens is 371 g/mol. The molecule has 0 radical (unpaired) electrons. The van der Waals surface area contributed by atoms with Gasteiger partial charge in [-0.3, -0.25) is 4.79 Å². The second-order valence-corrected chi connectivity index (χ2v) is 7.07. The van der Waals surface area contributed by atoms with Crippen molar-refractivity contribution in [3.63, 3.8) is 0 Å². The lowest BCUT2D eigenvalue weighted by molar-refractivity contribution is -0.118. The zero-order valence-electron chi connectivity index (χ0n) is 14.0. The highest BCUT2D eigenvalue weighted by Crippen LogP contribution is 2.34. The van der Waals surface area contributed by atoms with E-state index in [4.69, 9.17) is 23.2 Å². The summed E-state index contributed by atoms with van der Waals surface area (Å²) in [5.74, 6) is 0.588. The number of hydrogen-bond acceptors (Lipinski definition) is 4. The number of aromatic nitrogens is 2. The molecule has 26 heavy (non-hydrogen) atoms. The number of rotatable bonds is 3. The van der Waals surface area contributed by atoms with Crippen LogP contribution in [0.15, 0.2) is 42.7 Å². The van der Waals surface area contributed by atoms with Crippen LogP contribution in [0.1, 0.15) is 12.5 Å². The number of nitrogens with zero attached hydrogens (tertiary/aromatic N) is 3. The van der Waals surface area contributed by atoms with Crippen molar-refractivity contribution in [3.05, 3.63) is 58.3 Å². The first-order valence-electron chi connectivity index (χ1n) is 8.30. The first-order chi connectivity index (χ1) is 12.5. The summed E-state index contributed by atoms with van der Waals surface area (Å²) in [4.78, 5) is 23.3. The second kappa shape index (κ2) is 6.74. The van der Waals surface area contributed by atoms with E-state index < -0.39 is 6.04 Å². The van der Waals surface area contributed by atoms with E-state index in [1.807, 2.05) is 31.2 Å². The van der Waals surface area contributed by atoms with Crippen LogP contribution in [-0.4, -0.2) is 28.5 Å². The minimum atomic E-state index is -0.450. The Morgan fingerprint density at radius 2 is 2.08 bits per heavy atom. The number of amides is 1. The normalized spacial score (nSPS) is 14.3. The molecule has 1 aromatic heterocycles. The third kappa shape index (κ3) is 2.97. The number of halogens is 2. The number of fused-ring (bicyclic) bond motifs is 2. The SMILES string of the molecule is C[C@@H](Nc1ncnc2cc(Cl)ccc12)C(=O)N1CCc2c(Cl)cccc21. The van der Waals surface area contributed by atoms with Crippen molar-refractivity contribution in [2.75, 3.05) is 16.8 Å². The van der Waals surface area contributed by atoms with Gasteiger partial charge in [0.15, 0.2) is 0 Å².